The number of nitrogens with zero attached hydrogens (tertiary/aromatic N) is 1. The third-order valence-electron chi connectivity index (χ3n) is 3.05. The normalized spacial score (nSPS) is 10.5. The number of hydrogen-bond donors (Lipinski definition) is 2. The van der Waals surface area contributed by atoms with Gasteiger partial charge in [0.15, 0.2) is 0 Å². The van der Waals surface area contributed by atoms with E-state index < -0.39 is 0 Å². The fraction of sp³-hybridized carbons (Fsp3) is 0.444. The minimum Gasteiger partial charge on any atom is -0.400 e. The molecule has 0 aliphatic rings. The highest BCUT2D eigenvalue weighted by atomic mass is 16.3. The predicted octanol–water partition coefficient (Wildman–Crippen LogP) is 1.92. The van der Waals surface area contributed by atoms with Gasteiger partial charge in [-0.2, -0.15) is 0 Å². The van der Waals surface area contributed by atoms with Crippen LogP contribution in [0.3, 0.4) is 0 Å². The lowest BCUT2D eigenvalue weighted by Crippen LogP contribution is -2.44. The van der Waals surface area contributed by atoms with Gasteiger partial charge in [-0.05, 0) is 12.0 Å². The van der Waals surface area contributed by atoms with Crippen LogP contribution < -0.4 is 0 Å². The van der Waals surface area contributed by atoms with Crippen LogP contribution in [-0.2, 0) is 16.1 Å². The van der Waals surface area contributed by atoms with Crippen LogP contribution in [0.4, 0.5) is 0 Å². The summed E-state index contributed by atoms with van der Waals surface area (Å²) >= 11 is 0. The van der Waals surface area contributed by atoms with E-state index in [1.165, 1.54) is 11.1 Å². The van der Waals surface area contributed by atoms with E-state index in [0.717, 1.165) is 31.1 Å². The number of quaternary nitrogens is 1. The summed E-state index contributed by atoms with van der Waals surface area (Å²) in [5.74, 6) is 0. The maximum Gasteiger partial charge on any atom is 0.106 e. The first-order chi connectivity index (χ1) is 11.0. The zero-order chi connectivity index (χ0) is 18.9. The molecule has 1 aromatic rings. The average molecular weight is 326 g/mol. The van der Waals surface area contributed by atoms with Crippen molar-refractivity contribution in [3.63, 3.8) is 0 Å². The molecule has 0 aromatic heterocycles. The largest absolute Gasteiger partial charge is 0.400 e. The first-order valence-electron chi connectivity index (χ1n) is 7.21. The van der Waals surface area contributed by atoms with E-state index in [1.54, 1.807) is 0 Å². The van der Waals surface area contributed by atoms with E-state index in [4.69, 9.17) is 14.7 Å². The summed E-state index contributed by atoms with van der Waals surface area (Å²) in [6, 6.07) is 8.30. The van der Waals surface area contributed by atoms with Crippen LogP contribution in [-0.4, -0.2) is 62.1 Å². The van der Waals surface area contributed by atoms with Gasteiger partial charge in [0.05, 0.1) is 14.1 Å². The van der Waals surface area contributed by atoms with Gasteiger partial charge in [0, 0.05) is 12.7 Å². The fourth-order valence-corrected chi connectivity index (χ4v) is 2.10. The number of rotatable bonds is 6. The minimum atomic E-state index is -0.221. The van der Waals surface area contributed by atoms with Crippen molar-refractivity contribution in [2.45, 2.75) is 26.0 Å². The summed E-state index contributed by atoms with van der Waals surface area (Å²) < 4.78 is 0.792. The number of carbonyl (C=O) groups is 2. The molecular formula is C18H32NO4+. The second-order valence-electron chi connectivity index (χ2n) is 5.24. The molecule has 0 heterocycles. The molecule has 5 nitrogen and oxygen atoms in total. The fourth-order valence-electron chi connectivity index (χ4n) is 2.10. The van der Waals surface area contributed by atoms with Crippen LogP contribution >= 0.6 is 0 Å². The number of hydrogen-bond acceptors (Lipinski definition) is 4. The van der Waals surface area contributed by atoms with E-state index in [9.17, 15) is 5.11 Å². The Balaban J connectivity index is -0.000000595. The molecule has 0 fully saturated rings. The maximum atomic E-state index is 9.76. The highest BCUT2D eigenvalue weighted by molar-refractivity contribution is 5.51. The van der Waals surface area contributed by atoms with Crippen LogP contribution in [0, 0.1) is 0 Å². The SMILES string of the molecule is C=Cc1ccccc1C[N+](C)(C)CC(O)CC.C=O.C=O.CO. The lowest BCUT2D eigenvalue weighted by Gasteiger charge is -2.32. The molecule has 5 heteroatoms. The molecule has 0 saturated carbocycles. The molecule has 0 amide bonds. The van der Waals surface area contributed by atoms with E-state index >= 15 is 0 Å². The molecule has 132 valence electrons. The number of benzene rings is 1. The van der Waals surface area contributed by atoms with Crippen LogP contribution in [0.1, 0.15) is 24.5 Å². The smallest absolute Gasteiger partial charge is 0.106 e. The van der Waals surface area contributed by atoms with Crippen molar-refractivity contribution in [2.75, 3.05) is 27.7 Å². The zero-order valence-corrected chi connectivity index (χ0v) is 14.9. The van der Waals surface area contributed by atoms with Crippen LogP contribution in [0.5, 0.6) is 0 Å². The predicted molar refractivity (Wildman–Crippen MR) is 95.9 cm³/mol. The van der Waals surface area contributed by atoms with Crippen LogP contribution in [0.2, 0.25) is 0 Å². The number of carbonyl (C=O) groups excluding carboxylic acids is 2. The number of aliphatic hydroxyl groups excluding tert-OH is 2. The molecule has 0 bridgehead atoms. The van der Waals surface area contributed by atoms with Gasteiger partial charge in [-0.3, -0.25) is 0 Å². The van der Waals surface area contributed by atoms with Gasteiger partial charge in [0.1, 0.15) is 32.8 Å². The highest BCUT2D eigenvalue weighted by Gasteiger charge is 2.20. The summed E-state index contributed by atoms with van der Waals surface area (Å²) in [7, 11) is 5.30. The zero-order valence-electron chi connectivity index (χ0n) is 14.9. The monoisotopic (exact) mass is 326 g/mol. The van der Waals surface area contributed by atoms with Gasteiger partial charge in [0.25, 0.3) is 0 Å². The molecule has 2 N–H and O–H groups in total. The molecule has 0 spiro atoms. The Morgan fingerprint density at radius 1 is 1.13 bits per heavy atom. The van der Waals surface area contributed by atoms with E-state index in [-0.39, 0.29) is 6.10 Å². The Morgan fingerprint density at radius 2 is 1.61 bits per heavy atom. The Hall–Kier alpha value is -1.82. The molecule has 1 aromatic carbocycles. The van der Waals surface area contributed by atoms with Crippen molar-refractivity contribution >= 4 is 19.7 Å². The van der Waals surface area contributed by atoms with E-state index in [1.807, 2.05) is 32.6 Å². The molecule has 0 radical (unpaired) electrons. The molecular weight excluding hydrogens is 294 g/mol. The van der Waals surface area contributed by atoms with Gasteiger partial charge in [0.2, 0.25) is 0 Å². The van der Waals surface area contributed by atoms with E-state index in [2.05, 4.69) is 38.9 Å². The Kier molecular flexibility index (Phi) is 18.8. The number of likely N-dealkylation sites (N-methyl/N-ethyl adjacent to an activating group) is 1. The van der Waals surface area contributed by atoms with Crippen molar-refractivity contribution < 1.29 is 24.3 Å². The third-order valence-corrected chi connectivity index (χ3v) is 3.05. The average Bonchev–Trinajstić information content (AvgIpc) is 2.59. The quantitative estimate of drug-likeness (QED) is 0.783. The summed E-state index contributed by atoms with van der Waals surface area (Å²) in [4.78, 5) is 16.0. The standard InChI is InChI=1S/C15H24NO.CH4O.2CH2O/c1-5-13-9-7-8-10-14(13)11-16(3,4)12-15(17)6-2;3*1-2/h5,7-10,15,17H,1,6,11-12H2,2-4H3;2H,1H3;2*1H2/q+1;;;. The van der Waals surface area contributed by atoms with Gasteiger partial charge in [-0.1, -0.05) is 43.8 Å². The maximum absolute atomic E-state index is 9.76. The van der Waals surface area contributed by atoms with Gasteiger partial charge >= 0.3 is 0 Å². The molecule has 23 heavy (non-hydrogen) atoms. The van der Waals surface area contributed by atoms with Crippen molar-refractivity contribution in [3.05, 3.63) is 42.0 Å². The Morgan fingerprint density at radius 3 is 2.04 bits per heavy atom. The lowest BCUT2D eigenvalue weighted by molar-refractivity contribution is -0.906. The van der Waals surface area contributed by atoms with Gasteiger partial charge in [-0.15, -0.1) is 0 Å². The molecule has 1 unspecified atom stereocenters. The summed E-state index contributed by atoms with van der Waals surface area (Å²) in [6.45, 7) is 11.6. The molecule has 0 saturated heterocycles. The summed E-state index contributed by atoms with van der Waals surface area (Å²) in [5.41, 5.74) is 2.47. The summed E-state index contributed by atoms with van der Waals surface area (Å²) in [6.07, 6.45) is 2.48. The topological polar surface area (TPSA) is 74.6 Å². The Bertz CT molecular complexity index is 406. The van der Waals surface area contributed by atoms with Crippen molar-refractivity contribution in [3.8, 4) is 0 Å². The second kappa shape index (κ2) is 16.5. The third kappa shape index (κ3) is 12.4. The molecule has 0 aliphatic heterocycles. The van der Waals surface area contributed by atoms with Crippen LogP contribution in [0.15, 0.2) is 30.8 Å². The molecule has 1 atom stereocenters. The van der Waals surface area contributed by atoms with Crippen LogP contribution in [0.25, 0.3) is 6.08 Å². The first kappa shape index (κ1) is 26.1. The van der Waals surface area contributed by atoms with Gasteiger partial charge in [-0.25, -0.2) is 0 Å². The van der Waals surface area contributed by atoms with Crippen molar-refractivity contribution in [1.29, 1.82) is 0 Å². The van der Waals surface area contributed by atoms with Crippen molar-refractivity contribution in [2.24, 2.45) is 0 Å². The highest BCUT2D eigenvalue weighted by Crippen LogP contribution is 2.16. The molecule has 0 aliphatic carbocycles. The van der Waals surface area contributed by atoms with E-state index in [0.29, 0.717) is 0 Å². The summed E-state index contributed by atoms with van der Waals surface area (Å²) in [5, 5.41) is 16.8. The lowest BCUT2D eigenvalue weighted by atomic mass is 10.1. The second-order valence-corrected chi connectivity index (χ2v) is 5.24. The van der Waals surface area contributed by atoms with Gasteiger partial charge < -0.3 is 24.3 Å². The first-order valence-corrected chi connectivity index (χ1v) is 7.21. The molecule has 1 rings (SSSR count). The Labute approximate surface area is 140 Å². The minimum absolute atomic E-state index is 0.221. The van der Waals surface area contributed by atoms with Crippen molar-refractivity contribution in [1.82, 2.24) is 0 Å². The number of aliphatic hydroxyl groups is 2.